The highest BCUT2D eigenvalue weighted by molar-refractivity contribution is 7.91. The number of methoxy groups -OCH3 is 1. The van der Waals surface area contributed by atoms with Crippen LogP contribution in [0.5, 0.6) is 0 Å². The normalized spacial score (nSPS) is 18.9. The Hall–Kier alpha value is -2.16. The zero-order chi connectivity index (χ0) is 17.9. The second-order valence-electron chi connectivity index (χ2n) is 5.60. The van der Waals surface area contributed by atoms with Gasteiger partial charge in [0.2, 0.25) is 5.91 Å². The minimum absolute atomic E-state index is 0.00121. The molecule has 0 bridgehead atoms. The van der Waals surface area contributed by atoms with Crippen molar-refractivity contribution in [3.8, 4) is 0 Å². The lowest BCUT2D eigenvalue weighted by atomic mass is 10.2. The number of esters is 1. The van der Waals surface area contributed by atoms with Crippen LogP contribution >= 0.6 is 0 Å². The number of nitrogens with one attached hydrogen (secondary N) is 1. The molecule has 0 spiro atoms. The van der Waals surface area contributed by atoms with Gasteiger partial charge in [-0.3, -0.25) is 4.79 Å². The van der Waals surface area contributed by atoms with E-state index in [0.29, 0.717) is 6.42 Å². The first-order valence-corrected chi connectivity index (χ1v) is 9.13. The summed E-state index contributed by atoms with van der Waals surface area (Å²) in [6.45, 7) is -0.214. The van der Waals surface area contributed by atoms with Gasteiger partial charge in [0, 0.05) is 13.1 Å². The Bertz CT molecular complexity index is 750. The molecule has 0 radical (unpaired) electrons. The van der Waals surface area contributed by atoms with Gasteiger partial charge in [-0.25, -0.2) is 17.6 Å². The molecular weight excluding hydrogens is 339 g/mol. The van der Waals surface area contributed by atoms with Gasteiger partial charge in [0.15, 0.2) is 9.84 Å². The van der Waals surface area contributed by atoms with Crippen LogP contribution in [-0.4, -0.2) is 63.4 Å². The fourth-order valence-electron chi connectivity index (χ4n) is 2.49. The summed E-state index contributed by atoms with van der Waals surface area (Å²) in [5, 5.41) is 2.63. The maximum absolute atomic E-state index is 13.8. The van der Waals surface area contributed by atoms with Crippen molar-refractivity contribution in [3.05, 3.63) is 29.6 Å². The third kappa shape index (κ3) is 4.22. The summed E-state index contributed by atoms with van der Waals surface area (Å²) in [6, 6.07) is 3.28. The summed E-state index contributed by atoms with van der Waals surface area (Å²) in [6.07, 6.45) is 0.400. The van der Waals surface area contributed by atoms with Gasteiger partial charge in [-0.2, -0.15) is 0 Å². The zero-order valence-electron chi connectivity index (χ0n) is 13.4. The number of nitrogens with zero attached hydrogens (tertiary/aromatic N) is 1. The minimum atomic E-state index is -3.09. The number of sulfone groups is 1. The monoisotopic (exact) mass is 358 g/mol. The van der Waals surface area contributed by atoms with Crippen LogP contribution < -0.4 is 5.32 Å². The Balaban J connectivity index is 2.00. The molecule has 0 saturated carbocycles. The van der Waals surface area contributed by atoms with E-state index in [9.17, 15) is 22.4 Å². The van der Waals surface area contributed by atoms with Crippen molar-refractivity contribution >= 4 is 27.4 Å². The highest BCUT2D eigenvalue weighted by Crippen LogP contribution is 2.18. The largest absolute Gasteiger partial charge is 0.465 e. The van der Waals surface area contributed by atoms with Crippen LogP contribution in [0, 0.1) is 5.82 Å². The average molecular weight is 358 g/mol. The first-order valence-electron chi connectivity index (χ1n) is 7.31. The summed E-state index contributed by atoms with van der Waals surface area (Å²) >= 11 is 0. The Morgan fingerprint density at radius 3 is 2.71 bits per heavy atom. The smallest absolute Gasteiger partial charge is 0.337 e. The highest BCUT2D eigenvalue weighted by Gasteiger charge is 2.32. The Morgan fingerprint density at radius 1 is 1.42 bits per heavy atom. The fraction of sp³-hybridized carbons (Fsp3) is 0.467. The third-order valence-corrected chi connectivity index (χ3v) is 5.72. The number of halogens is 1. The molecule has 1 aliphatic heterocycles. The van der Waals surface area contributed by atoms with Crippen molar-refractivity contribution in [2.45, 2.75) is 12.5 Å². The van der Waals surface area contributed by atoms with E-state index in [1.54, 1.807) is 0 Å². The van der Waals surface area contributed by atoms with Crippen molar-refractivity contribution in [2.75, 3.05) is 37.5 Å². The number of ether oxygens (including phenoxy) is 1. The Morgan fingerprint density at radius 2 is 2.12 bits per heavy atom. The first-order chi connectivity index (χ1) is 11.2. The second-order valence-corrected chi connectivity index (χ2v) is 7.83. The van der Waals surface area contributed by atoms with Gasteiger partial charge in [0.05, 0.1) is 36.4 Å². The molecule has 1 fully saturated rings. The van der Waals surface area contributed by atoms with Crippen LogP contribution in [0.3, 0.4) is 0 Å². The molecule has 9 heteroatoms. The molecule has 1 heterocycles. The van der Waals surface area contributed by atoms with E-state index in [4.69, 9.17) is 0 Å². The van der Waals surface area contributed by atoms with Gasteiger partial charge in [-0.15, -0.1) is 0 Å². The van der Waals surface area contributed by atoms with E-state index in [1.807, 2.05) is 0 Å². The molecule has 1 atom stereocenters. The predicted molar refractivity (Wildman–Crippen MR) is 86.1 cm³/mol. The van der Waals surface area contributed by atoms with Gasteiger partial charge >= 0.3 is 5.97 Å². The molecule has 1 N–H and O–H groups in total. The lowest BCUT2D eigenvalue weighted by molar-refractivity contribution is -0.129. The standard InChI is InChI=1S/C15H19FN2O5S/c1-18(11-5-6-24(21,22)9-11)14(19)8-17-13-7-10(15(20)23-2)3-4-12(13)16/h3-4,7,11,17H,5-6,8-9H2,1-2H3/t11-/m0/s1. The minimum Gasteiger partial charge on any atom is -0.465 e. The van der Waals surface area contributed by atoms with Crippen LogP contribution in [-0.2, 0) is 19.4 Å². The van der Waals surface area contributed by atoms with Gasteiger partial charge in [0.25, 0.3) is 0 Å². The van der Waals surface area contributed by atoms with Crippen molar-refractivity contribution in [2.24, 2.45) is 0 Å². The summed E-state index contributed by atoms with van der Waals surface area (Å²) in [7, 11) is -0.352. The number of hydrogen-bond acceptors (Lipinski definition) is 6. The molecule has 1 amide bonds. The molecule has 1 aromatic carbocycles. The number of rotatable bonds is 5. The van der Waals surface area contributed by atoms with Crippen molar-refractivity contribution in [3.63, 3.8) is 0 Å². The number of anilines is 1. The van der Waals surface area contributed by atoms with Crippen LogP contribution in [0.15, 0.2) is 18.2 Å². The maximum Gasteiger partial charge on any atom is 0.337 e. The number of hydrogen-bond donors (Lipinski definition) is 1. The summed E-state index contributed by atoms with van der Waals surface area (Å²) in [5.74, 6) is -1.57. The molecule has 132 valence electrons. The maximum atomic E-state index is 13.8. The van der Waals surface area contributed by atoms with Crippen molar-refractivity contribution < 1.29 is 27.1 Å². The number of amides is 1. The lowest BCUT2D eigenvalue weighted by Gasteiger charge is -2.23. The summed E-state index contributed by atoms with van der Waals surface area (Å²) < 4.78 is 41.3. The van der Waals surface area contributed by atoms with Crippen molar-refractivity contribution in [1.82, 2.24) is 4.90 Å². The summed E-state index contributed by atoms with van der Waals surface area (Å²) in [5.41, 5.74) is 0.155. The molecule has 24 heavy (non-hydrogen) atoms. The first kappa shape index (κ1) is 18.2. The number of likely N-dealkylation sites (N-methyl/N-ethyl adjacent to an activating group) is 1. The zero-order valence-corrected chi connectivity index (χ0v) is 14.2. The number of carbonyl (C=O) groups excluding carboxylic acids is 2. The van der Waals surface area contributed by atoms with Crippen LogP contribution in [0.2, 0.25) is 0 Å². The topological polar surface area (TPSA) is 92.8 Å². The fourth-order valence-corrected chi connectivity index (χ4v) is 4.26. The van der Waals surface area contributed by atoms with E-state index in [2.05, 4.69) is 10.1 Å². The van der Waals surface area contributed by atoms with Gasteiger partial charge in [-0.05, 0) is 24.6 Å². The number of benzene rings is 1. The predicted octanol–water partition coefficient (Wildman–Crippen LogP) is 0.670. The van der Waals surface area contributed by atoms with E-state index >= 15 is 0 Å². The molecule has 7 nitrogen and oxygen atoms in total. The SMILES string of the molecule is COC(=O)c1ccc(F)c(NCC(=O)N(C)[C@H]2CCS(=O)(=O)C2)c1. The molecule has 1 aliphatic rings. The van der Waals surface area contributed by atoms with E-state index in [-0.39, 0.29) is 41.3 Å². The molecule has 0 aliphatic carbocycles. The summed E-state index contributed by atoms with van der Waals surface area (Å²) in [4.78, 5) is 25.0. The van der Waals surface area contributed by atoms with Gasteiger partial charge in [-0.1, -0.05) is 0 Å². The third-order valence-electron chi connectivity index (χ3n) is 3.97. The number of carbonyl (C=O) groups is 2. The molecule has 0 unspecified atom stereocenters. The van der Waals surface area contributed by atoms with Crippen molar-refractivity contribution in [1.29, 1.82) is 0 Å². The quantitative estimate of drug-likeness (QED) is 0.778. The highest BCUT2D eigenvalue weighted by atomic mass is 32.2. The molecular formula is C15H19FN2O5S. The van der Waals surface area contributed by atoms with E-state index in [0.717, 1.165) is 6.07 Å². The van der Waals surface area contributed by atoms with Gasteiger partial charge < -0.3 is 15.0 Å². The Labute approximate surface area is 139 Å². The van der Waals surface area contributed by atoms with Gasteiger partial charge in [0.1, 0.15) is 5.82 Å². The van der Waals surface area contributed by atoms with E-state index < -0.39 is 21.6 Å². The molecule has 0 aromatic heterocycles. The van der Waals surface area contributed by atoms with E-state index in [1.165, 1.54) is 31.2 Å². The molecule has 1 aromatic rings. The Kier molecular flexibility index (Phi) is 5.43. The average Bonchev–Trinajstić information content (AvgIpc) is 2.92. The van der Waals surface area contributed by atoms with Crippen LogP contribution in [0.1, 0.15) is 16.8 Å². The van der Waals surface area contributed by atoms with Crippen LogP contribution in [0.25, 0.3) is 0 Å². The second kappa shape index (κ2) is 7.16. The van der Waals surface area contributed by atoms with Crippen LogP contribution in [0.4, 0.5) is 10.1 Å². The lowest BCUT2D eigenvalue weighted by Crippen LogP contribution is -2.41. The molecule has 2 rings (SSSR count). The molecule has 1 saturated heterocycles.